The van der Waals surface area contributed by atoms with Crippen LogP contribution in [0.2, 0.25) is 0 Å². The molecule has 2 aromatic rings. The molecule has 1 atom stereocenters. The van der Waals surface area contributed by atoms with Gasteiger partial charge < -0.3 is 5.73 Å². The first kappa shape index (κ1) is 13.3. The van der Waals surface area contributed by atoms with E-state index in [0.717, 1.165) is 17.5 Å². The SMILES string of the molecule is CCC(C)N=C(N)c1ccc(Cn2cncn2)cc1. The number of aromatic nitrogens is 3. The molecule has 0 radical (unpaired) electrons. The van der Waals surface area contributed by atoms with Crippen molar-refractivity contribution >= 4 is 5.84 Å². The molecule has 0 amide bonds. The quantitative estimate of drug-likeness (QED) is 0.656. The van der Waals surface area contributed by atoms with Crippen molar-refractivity contribution in [1.29, 1.82) is 0 Å². The van der Waals surface area contributed by atoms with Gasteiger partial charge in [0.25, 0.3) is 0 Å². The molecule has 1 unspecified atom stereocenters. The van der Waals surface area contributed by atoms with Crippen molar-refractivity contribution in [3.8, 4) is 0 Å². The summed E-state index contributed by atoms with van der Waals surface area (Å²) >= 11 is 0. The summed E-state index contributed by atoms with van der Waals surface area (Å²) in [5, 5.41) is 4.08. The van der Waals surface area contributed by atoms with E-state index < -0.39 is 0 Å². The fraction of sp³-hybridized carbons (Fsp3) is 0.357. The Morgan fingerprint density at radius 3 is 2.68 bits per heavy atom. The van der Waals surface area contributed by atoms with Gasteiger partial charge in [-0.15, -0.1) is 0 Å². The number of benzene rings is 1. The first-order valence-corrected chi connectivity index (χ1v) is 6.44. The van der Waals surface area contributed by atoms with Crippen LogP contribution in [0.15, 0.2) is 41.9 Å². The lowest BCUT2D eigenvalue weighted by Gasteiger charge is -2.07. The summed E-state index contributed by atoms with van der Waals surface area (Å²) in [6.45, 7) is 4.87. The van der Waals surface area contributed by atoms with Gasteiger partial charge in [0.1, 0.15) is 18.5 Å². The molecule has 5 nitrogen and oxygen atoms in total. The summed E-state index contributed by atoms with van der Waals surface area (Å²) in [5.74, 6) is 0.599. The van der Waals surface area contributed by atoms with Crippen LogP contribution in [-0.4, -0.2) is 26.6 Å². The van der Waals surface area contributed by atoms with E-state index in [0.29, 0.717) is 12.4 Å². The molecule has 0 fully saturated rings. The standard InChI is InChI=1S/C14H19N5/c1-3-11(2)18-14(15)13-6-4-12(5-7-13)8-19-10-16-9-17-19/h4-7,9-11H,3,8H2,1-2H3,(H2,15,18). The Morgan fingerprint density at radius 1 is 1.37 bits per heavy atom. The lowest BCUT2D eigenvalue weighted by Crippen LogP contribution is -2.16. The van der Waals surface area contributed by atoms with Crippen LogP contribution < -0.4 is 5.73 Å². The normalized spacial score (nSPS) is 13.5. The maximum absolute atomic E-state index is 5.98. The van der Waals surface area contributed by atoms with E-state index in [-0.39, 0.29) is 6.04 Å². The molecule has 0 aliphatic rings. The van der Waals surface area contributed by atoms with Gasteiger partial charge in [-0.1, -0.05) is 31.2 Å². The highest BCUT2D eigenvalue weighted by molar-refractivity contribution is 5.97. The average molecular weight is 257 g/mol. The highest BCUT2D eigenvalue weighted by atomic mass is 15.3. The summed E-state index contributed by atoms with van der Waals surface area (Å²) in [7, 11) is 0. The van der Waals surface area contributed by atoms with E-state index >= 15 is 0 Å². The fourth-order valence-electron chi connectivity index (χ4n) is 1.69. The van der Waals surface area contributed by atoms with Crippen LogP contribution >= 0.6 is 0 Å². The van der Waals surface area contributed by atoms with Gasteiger partial charge in [-0.25, -0.2) is 9.67 Å². The Bertz CT molecular complexity index is 527. The zero-order valence-corrected chi connectivity index (χ0v) is 11.3. The molecule has 5 heteroatoms. The van der Waals surface area contributed by atoms with Gasteiger partial charge in [-0.05, 0) is 18.9 Å². The zero-order chi connectivity index (χ0) is 13.7. The summed E-state index contributed by atoms with van der Waals surface area (Å²) in [6, 6.07) is 8.32. The van der Waals surface area contributed by atoms with Crippen LogP contribution in [0.25, 0.3) is 0 Å². The van der Waals surface area contributed by atoms with Gasteiger partial charge in [0, 0.05) is 11.6 Å². The van der Waals surface area contributed by atoms with E-state index in [2.05, 4.69) is 28.9 Å². The van der Waals surface area contributed by atoms with Crippen LogP contribution in [0.1, 0.15) is 31.4 Å². The monoisotopic (exact) mass is 257 g/mol. The van der Waals surface area contributed by atoms with Crippen molar-refractivity contribution in [2.24, 2.45) is 10.7 Å². The lowest BCUT2D eigenvalue weighted by molar-refractivity contribution is 0.685. The summed E-state index contributed by atoms with van der Waals surface area (Å²) in [6.07, 6.45) is 4.23. The van der Waals surface area contributed by atoms with Gasteiger partial charge in [-0.2, -0.15) is 5.10 Å². The number of aliphatic imine (C=N–C) groups is 1. The minimum Gasteiger partial charge on any atom is -0.383 e. The molecular formula is C14H19N5. The molecule has 0 saturated heterocycles. The first-order chi connectivity index (χ1) is 9.19. The molecule has 1 heterocycles. The second-order valence-corrected chi connectivity index (χ2v) is 4.56. The second kappa shape index (κ2) is 6.13. The number of hydrogen-bond donors (Lipinski definition) is 1. The molecule has 19 heavy (non-hydrogen) atoms. The van der Waals surface area contributed by atoms with Crippen molar-refractivity contribution in [2.75, 3.05) is 0 Å². The third kappa shape index (κ3) is 3.64. The zero-order valence-electron chi connectivity index (χ0n) is 11.3. The van der Waals surface area contributed by atoms with Crippen LogP contribution in [0.3, 0.4) is 0 Å². The Balaban J connectivity index is 2.08. The van der Waals surface area contributed by atoms with Crippen LogP contribution in [-0.2, 0) is 6.54 Å². The van der Waals surface area contributed by atoms with Crippen LogP contribution in [0.4, 0.5) is 0 Å². The average Bonchev–Trinajstić information content (AvgIpc) is 2.92. The summed E-state index contributed by atoms with van der Waals surface area (Å²) in [4.78, 5) is 8.36. The molecule has 2 N–H and O–H groups in total. The Labute approximate surface area is 113 Å². The van der Waals surface area contributed by atoms with E-state index in [4.69, 9.17) is 5.73 Å². The highest BCUT2D eigenvalue weighted by Gasteiger charge is 2.02. The van der Waals surface area contributed by atoms with Gasteiger partial charge in [0.05, 0.1) is 6.54 Å². The maximum atomic E-state index is 5.98. The van der Waals surface area contributed by atoms with Crippen molar-refractivity contribution in [1.82, 2.24) is 14.8 Å². The number of amidine groups is 1. The molecule has 0 aliphatic carbocycles. The molecule has 100 valence electrons. The Hall–Kier alpha value is -2.17. The van der Waals surface area contributed by atoms with E-state index in [1.54, 1.807) is 11.0 Å². The molecule has 0 spiro atoms. The van der Waals surface area contributed by atoms with Gasteiger partial charge >= 0.3 is 0 Å². The predicted octanol–water partition coefficient (Wildman–Crippen LogP) is 1.83. The van der Waals surface area contributed by atoms with Gasteiger partial charge in [-0.3, -0.25) is 4.99 Å². The van der Waals surface area contributed by atoms with E-state index in [9.17, 15) is 0 Å². The third-order valence-electron chi connectivity index (χ3n) is 3.01. The molecule has 0 saturated carbocycles. The number of rotatable bonds is 5. The van der Waals surface area contributed by atoms with Crippen molar-refractivity contribution in [3.05, 3.63) is 48.0 Å². The fourth-order valence-corrected chi connectivity index (χ4v) is 1.69. The van der Waals surface area contributed by atoms with Crippen LogP contribution in [0.5, 0.6) is 0 Å². The number of nitrogens with zero attached hydrogens (tertiary/aromatic N) is 4. The van der Waals surface area contributed by atoms with Crippen molar-refractivity contribution in [2.45, 2.75) is 32.9 Å². The minimum absolute atomic E-state index is 0.259. The number of nitrogens with two attached hydrogens (primary N) is 1. The molecule has 1 aromatic heterocycles. The minimum atomic E-state index is 0.259. The van der Waals surface area contributed by atoms with Gasteiger partial charge in [0.2, 0.25) is 0 Å². The van der Waals surface area contributed by atoms with Gasteiger partial charge in [0.15, 0.2) is 0 Å². The third-order valence-corrected chi connectivity index (χ3v) is 3.01. The second-order valence-electron chi connectivity index (χ2n) is 4.56. The number of hydrogen-bond acceptors (Lipinski definition) is 3. The van der Waals surface area contributed by atoms with Crippen molar-refractivity contribution in [3.63, 3.8) is 0 Å². The lowest BCUT2D eigenvalue weighted by atomic mass is 10.1. The molecule has 1 aromatic carbocycles. The topological polar surface area (TPSA) is 69.1 Å². The van der Waals surface area contributed by atoms with Crippen molar-refractivity contribution < 1.29 is 0 Å². The predicted molar refractivity (Wildman–Crippen MR) is 76.0 cm³/mol. The van der Waals surface area contributed by atoms with E-state index in [1.807, 2.05) is 24.3 Å². The summed E-state index contributed by atoms with van der Waals surface area (Å²) in [5.41, 5.74) is 8.10. The molecule has 2 rings (SSSR count). The largest absolute Gasteiger partial charge is 0.383 e. The van der Waals surface area contributed by atoms with Crippen LogP contribution in [0, 0.1) is 0 Å². The Morgan fingerprint density at radius 2 is 2.11 bits per heavy atom. The summed E-state index contributed by atoms with van der Waals surface area (Å²) < 4.78 is 1.78. The molecular weight excluding hydrogens is 238 g/mol. The first-order valence-electron chi connectivity index (χ1n) is 6.44. The highest BCUT2D eigenvalue weighted by Crippen LogP contribution is 2.07. The molecule has 0 bridgehead atoms. The maximum Gasteiger partial charge on any atom is 0.137 e. The smallest absolute Gasteiger partial charge is 0.137 e. The Kier molecular flexibility index (Phi) is 4.28. The molecule has 0 aliphatic heterocycles. The van der Waals surface area contributed by atoms with E-state index in [1.165, 1.54) is 6.33 Å².